The van der Waals surface area contributed by atoms with Gasteiger partial charge in [0.05, 0.1) is 5.02 Å². The molecule has 114 valence electrons. The number of aromatic nitrogens is 3. The molecule has 5 nitrogen and oxygen atoms in total. The lowest BCUT2D eigenvalue weighted by Crippen LogP contribution is -2.26. The van der Waals surface area contributed by atoms with Gasteiger partial charge >= 0.3 is 0 Å². The van der Waals surface area contributed by atoms with Crippen LogP contribution in [0.3, 0.4) is 0 Å². The van der Waals surface area contributed by atoms with Gasteiger partial charge in [-0.15, -0.1) is 10.2 Å². The average Bonchev–Trinajstić information content (AvgIpc) is 2.76. The van der Waals surface area contributed by atoms with Gasteiger partial charge in [-0.25, -0.2) is 8.42 Å². The maximum Gasteiger partial charge on any atom is 0.296 e. The van der Waals surface area contributed by atoms with Crippen molar-refractivity contribution in [1.82, 2.24) is 14.8 Å². The van der Waals surface area contributed by atoms with Crippen LogP contribution in [0.25, 0.3) is 11.4 Å². The lowest BCUT2D eigenvalue weighted by molar-refractivity contribution is 0.367. The Bertz CT molecular complexity index is 797. The summed E-state index contributed by atoms with van der Waals surface area (Å²) in [5.74, 6) is 0.341. The molecule has 9 heteroatoms. The highest BCUT2D eigenvalue weighted by atomic mass is 79.9. The first kappa shape index (κ1) is 16.7. The van der Waals surface area contributed by atoms with Crippen molar-refractivity contribution >= 4 is 47.3 Å². The Kier molecular flexibility index (Phi) is 4.41. The molecule has 0 radical (unpaired) electrons. The lowest BCUT2D eigenvalue weighted by Gasteiger charge is -2.24. The molecule has 1 aromatic heterocycles. The fourth-order valence-electron chi connectivity index (χ4n) is 1.88. The van der Waals surface area contributed by atoms with E-state index in [2.05, 4.69) is 26.1 Å². The molecule has 0 saturated heterocycles. The van der Waals surface area contributed by atoms with Crippen LogP contribution < -0.4 is 0 Å². The van der Waals surface area contributed by atoms with E-state index in [1.165, 1.54) is 4.57 Å². The van der Waals surface area contributed by atoms with Crippen LogP contribution in [0.2, 0.25) is 5.02 Å². The summed E-state index contributed by atoms with van der Waals surface area (Å²) in [6.07, 6.45) is 0. The molecule has 2 rings (SSSR count). The second-order valence-corrected chi connectivity index (χ2v) is 9.16. The highest BCUT2D eigenvalue weighted by molar-refractivity contribution is 9.10. The average molecular weight is 413 g/mol. The number of hydrogen-bond acceptors (Lipinski definition) is 4. The predicted octanol–water partition coefficient (Wildman–Crippen LogP) is 4.04. The molecule has 0 spiro atoms. The number of rotatable bonds is 2. The van der Waals surface area contributed by atoms with Crippen molar-refractivity contribution < 1.29 is 8.42 Å². The summed E-state index contributed by atoms with van der Waals surface area (Å²) < 4.78 is 25.6. The molecule has 1 heterocycles. The number of hydrogen-bond donors (Lipinski definition) is 0. The summed E-state index contributed by atoms with van der Waals surface area (Å²) in [6, 6.07) is 5.22. The summed E-state index contributed by atoms with van der Waals surface area (Å²) in [7, 11) is 1.43. The standard InChI is InChI=1S/C12H12BrCl2N3O2S/c1-12(2,3)18-10(16-17-11(18)21(15,19)20)8-6-7(13)4-5-9(8)14/h4-6H,1-3H3. The Hall–Kier alpha value is -0.630. The first-order valence-corrected chi connectivity index (χ1v) is 9.36. The van der Waals surface area contributed by atoms with Crippen molar-refractivity contribution in [2.45, 2.75) is 31.5 Å². The third-order valence-corrected chi connectivity index (χ3v) is 4.63. The van der Waals surface area contributed by atoms with E-state index in [-0.39, 0.29) is 5.16 Å². The highest BCUT2D eigenvalue weighted by Crippen LogP contribution is 2.34. The third-order valence-electron chi connectivity index (χ3n) is 2.69. The van der Waals surface area contributed by atoms with E-state index in [1.54, 1.807) is 18.2 Å². The molecule has 1 aromatic carbocycles. The lowest BCUT2D eigenvalue weighted by atomic mass is 10.1. The van der Waals surface area contributed by atoms with E-state index in [9.17, 15) is 8.42 Å². The molecule has 0 saturated carbocycles. The second-order valence-electron chi connectivity index (χ2n) is 5.37. The van der Waals surface area contributed by atoms with Crippen molar-refractivity contribution in [3.05, 3.63) is 27.7 Å². The van der Waals surface area contributed by atoms with Crippen LogP contribution in [0.4, 0.5) is 0 Å². The molecular weight excluding hydrogens is 401 g/mol. The summed E-state index contributed by atoms with van der Waals surface area (Å²) in [5, 5.41) is 7.82. The monoisotopic (exact) mass is 411 g/mol. The van der Waals surface area contributed by atoms with Crippen LogP contribution in [0.15, 0.2) is 27.8 Å². The second kappa shape index (κ2) is 5.53. The highest BCUT2D eigenvalue weighted by Gasteiger charge is 2.30. The van der Waals surface area contributed by atoms with Gasteiger partial charge in [0.15, 0.2) is 5.82 Å². The SMILES string of the molecule is CC(C)(C)n1c(-c2cc(Br)ccc2Cl)nnc1S(=O)(=O)Cl. The van der Waals surface area contributed by atoms with E-state index in [0.717, 1.165) is 4.47 Å². The fourth-order valence-corrected chi connectivity index (χ4v) is 3.46. The first-order chi connectivity index (χ1) is 9.51. The maximum atomic E-state index is 11.7. The van der Waals surface area contributed by atoms with Gasteiger partial charge < -0.3 is 0 Å². The number of nitrogens with zero attached hydrogens (tertiary/aromatic N) is 3. The zero-order chi connectivity index (χ0) is 16.0. The van der Waals surface area contributed by atoms with Gasteiger partial charge in [-0.1, -0.05) is 27.5 Å². The Morgan fingerprint density at radius 1 is 1.24 bits per heavy atom. The molecule has 21 heavy (non-hydrogen) atoms. The smallest absolute Gasteiger partial charge is 0.291 e. The number of halogens is 3. The Balaban J connectivity index is 2.83. The summed E-state index contributed by atoms with van der Waals surface area (Å²) in [6.45, 7) is 5.49. The van der Waals surface area contributed by atoms with Crippen LogP contribution in [0.1, 0.15) is 20.8 Å². The minimum absolute atomic E-state index is 0.303. The van der Waals surface area contributed by atoms with E-state index >= 15 is 0 Å². The summed E-state index contributed by atoms with van der Waals surface area (Å²) in [4.78, 5) is 0. The molecule has 0 unspecified atom stereocenters. The van der Waals surface area contributed by atoms with Crippen LogP contribution in [0.5, 0.6) is 0 Å². The topological polar surface area (TPSA) is 64.8 Å². The molecule has 0 aliphatic heterocycles. The molecule has 0 aliphatic rings. The minimum atomic E-state index is -4.02. The van der Waals surface area contributed by atoms with Gasteiger partial charge in [0.25, 0.3) is 14.2 Å². The number of benzene rings is 1. The molecular formula is C12H12BrCl2N3O2S. The Labute approximate surface area is 140 Å². The van der Waals surface area contributed by atoms with Crippen LogP contribution >= 0.6 is 38.2 Å². The van der Waals surface area contributed by atoms with Crippen molar-refractivity contribution in [2.24, 2.45) is 0 Å². The molecule has 0 aliphatic carbocycles. The Morgan fingerprint density at radius 2 is 1.86 bits per heavy atom. The van der Waals surface area contributed by atoms with E-state index in [4.69, 9.17) is 22.3 Å². The van der Waals surface area contributed by atoms with Gasteiger partial charge in [-0.05, 0) is 39.0 Å². The van der Waals surface area contributed by atoms with E-state index in [1.807, 2.05) is 20.8 Å². The molecule has 0 bridgehead atoms. The molecule has 0 N–H and O–H groups in total. The van der Waals surface area contributed by atoms with Gasteiger partial charge in [0, 0.05) is 26.3 Å². The van der Waals surface area contributed by atoms with Crippen molar-refractivity contribution in [2.75, 3.05) is 0 Å². The third kappa shape index (κ3) is 3.41. The zero-order valence-electron chi connectivity index (χ0n) is 11.4. The van der Waals surface area contributed by atoms with E-state index in [0.29, 0.717) is 16.4 Å². The van der Waals surface area contributed by atoms with E-state index < -0.39 is 14.6 Å². The van der Waals surface area contributed by atoms with Gasteiger partial charge in [-0.3, -0.25) is 4.57 Å². The van der Waals surface area contributed by atoms with Crippen LogP contribution in [-0.4, -0.2) is 23.2 Å². The molecule has 0 atom stereocenters. The van der Waals surface area contributed by atoms with Crippen molar-refractivity contribution in [3.8, 4) is 11.4 Å². The quantitative estimate of drug-likeness (QED) is 0.698. The molecule has 2 aromatic rings. The van der Waals surface area contributed by atoms with Crippen molar-refractivity contribution in [1.29, 1.82) is 0 Å². The predicted molar refractivity (Wildman–Crippen MR) is 86.2 cm³/mol. The maximum absolute atomic E-state index is 11.7. The minimum Gasteiger partial charge on any atom is -0.291 e. The zero-order valence-corrected chi connectivity index (χ0v) is 15.3. The van der Waals surface area contributed by atoms with Gasteiger partial charge in [0.2, 0.25) is 0 Å². The van der Waals surface area contributed by atoms with Crippen molar-refractivity contribution in [3.63, 3.8) is 0 Å². The Morgan fingerprint density at radius 3 is 2.38 bits per heavy atom. The fraction of sp³-hybridized carbons (Fsp3) is 0.333. The largest absolute Gasteiger partial charge is 0.296 e. The molecule has 0 amide bonds. The van der Waals surface area contributed by atoms with Gasteiger partial charge in [-0.2, -0.15) is 0 Å². The van der Waals surface area contributed by atoms with Crippen LogP contribution in [0, 0.1) is 0 Å². The molecule has 0 fully saturated rings. The van der Waals surface area contributed by atoms with Gasteiger partial charge in [0.1, 0.15) is 0 Å². The summed E-state index contributed by atoms with van der Waals surface area (Å²) >= 11 is 9.55. The normalized spacial score (nSPS) is 12.7. The van der Waals surface area contributed by atoms with Crippen LogP contribution in [-0.2, 0) is 14.6 Å². The first-order valence-electron chi connectivity index (χ1n) is 5.88. The summed E-state index contributed by atoms with van der Waals surface area (Å²) in [5.41, 5.74) is -0.0260.